The first kappa shape index (κ1) is 25.1. The summed E-state index contributed by atoms with van der Waals surface area (Å²) in [6.45, 7) is 4.14. The number of aliphatic hydroxyl groups is 1. The lowest BCUT2D eigenvalue weighted by atomic mass is 10.2. The first-order valence-corrected chi connectivity index (χ1v) is 13.2. The molecular formula is C30H31N5O4. The average Bonchev–Trinajstić information content (AvgIpc) is 3.61. The number of aromatic amines is 1. The van der Waals surface area contributed by atoms with Crippen molar-refractivity contribution in [3.8, 4) is 17.2 Å². The first-order chi connectivity index (χ1) is 19.1. The summed E-state index contributed by atoms with van der Waals surface area (Å²) in [6.07, 6.45) is 1.24. The molecule has 1 saturated heterocycles. The number of anilines is 1. The highest BCUT2D eigenvalue weighted by atomic mass is 16.5. The van der Waals surface area contributed by atoms with Crippen LogP contribution in [-0.4, -0.2) is 82.8 Å². The number of piperazine rings is 1. The molecule has 1 aliphatic heterocycles. The maximum Gasteiger partial charge on any atom is 0.238 e. The normalized spacial score (nSPS) is 15.5. The lowest BCUT2D eigenvalue weighted by Gasteiger charge is -2.35. The molecule has 0 aliphatic carbocycles. The van der Waals surface area contributed by atoms with Crippen LogP contribution in [0.2, 0.25) is 0 Å². The number of nitrogens with zero attached hydrogens (tertiary/aromatic N) is 3. The number of hydrogen-bond donors (Lipinski definition) is 3. The number of rotatable bonds is 9. The third-order valence-corrected chi connectivity index (χ3v) is 6.99. The zero-order chi connectivity index (χ0) is 26.6. The van der Waals surface area contributed by atoms with Gasteiger partial charge in [0.25, 0.3) is 0 Å². The van der Waals surface area contributed by atoms with E-state index in [1.165, 1.54) is 0 Å². The van der Waals surface area contributed by atoms with Gasteiger partial charge in [0.15, 0.2) is 5.58 Å². The van der Waals surface area contributed by atoms with Crippen LogP contribution in [0.5, 0.6) is 5.75 Å². The van der Waals surface area contributed by atoms with Crippen molar-refractivity contribution >= 4 is 33.6 Å². The molecule has 9 nitrogen and oxygen atoms in total. The van der Waals surface area contributed by atoms with E-state index in [-0.39, 0.29) is 12.5 Å². The summed E-state index contributed by atoms with van der Waals surface area (Å²) in [5, 5.41) is 14.6. The number of β-amino-alcohol motifs (C(OH)–C–C–N with tert-alkyl or cyclic N) is 1. The molecule has 0 spiro atoms. The number of carbonyl (C=O) groups excluding carboxylic acids is 1. The average molecular weight is 526 g/mol. The van der Waals surface area contributed by atoms with E-state index in [0.29, 0.717) is 35.8 Å². The second kappa shape index (κ2) is 11.3. The van der Waals surface area contributed by atoms with Gasteiger partial charge in [0.1, 0.15) is 24.0 Å². The van der Waals surface area contributed by atoms with Crippen LogP contribution in [0.4, 0.5) is 5.69 Å². The van der Waals surface area contributed by atoms with Crippen molar-refractivity contribution in [1.29, 1.82) is 0 Å². The molecule has 3 aromatic carbocycles. The Kier molecular flexibility index (Phi) is 7.27. The molecule has 3 N–H and O–H groups in total. The predicted octanol–water partition coefficient (Wildman–Crippen LogP) is 3.97. The van der Waals surface area contributed by atoms with Crippen LogP contribution >= 0.6 is 0 Å². The lowest BCUT2D eigenvalue weighted by Crippen LogP contribution is -2.50. The number of oxazole rings is 1. The number of H-pyrrole nitrogens is 1. The first-order valence-electron chi connectivity index (χ1n) is 13.2. The third kappa shape index (κ3) is 5.96. The number of carbonyl (C=O) groups is 1. The minimum atomic E-state index is -0.630. The Bertz CT molecular complexity index is 1560. The minimum absolute atomic E-state index is 0.0226. The van der Waals surface area contributed by atoms with E-state index >= 15 is 0 Å². The molecule has 0 unspecified atom stereocenters. The van der Waals surface area contributed by atoms with E-state index in [4.69, 9.17) is 9.15 Å². The highest BCUT2D eigenvalue weighted by Crippen LogP contribution is 2.27. The van der Waals surface area contributed by atoms with E-state index < -0.39 is 6.10 Å². The van der Waals surface area contributed by atoms with Gasteiger partial charge >= 0.3 is 0 Å². The number of fused-ring (bicyclic) bond motifs is 2. The van der Waals surface area contributed by atoms with Crippen LogP contribution in [0.25, 0.3) is 33.5 Å². The molecule has 0 bridgehead atoms. The predicted molar refractivity (Wildman–Crippen MR) is 151 cm³/mol. The SMILES string of the molecule is O=C(CN1CCN(C[C@@H](O)COc2ccc3oc(-c4ccccc4)nc3c2)CC1)Nc1cccc2[nH]ccc12. The highest BCUT2D eigenvalue weighted by Gasteiger charge is 2.21. The van der Waals surface area contributed by atoms with Gasteiger partial charge in [0.2, 0.25) is 11.8 Å². The standard InChI is InChI=1S/C30H31N5O4/c36-22(20-38-23-9-10-28-27(17-23)33-30(39-28)21-5-2-1-3-6-21)18-34-13-15-35(16-14-34)19-29(37)32-26-8-4-7-25-24(26)11-12-31-25/h1-12,17,22,31,36H,13-16,18-20H2,(H,32,37)/t22-/m1/s1. The van der Waals surface area contributed by atoms with Crippen molar-refractivity contribution < 1.29 is 19.1 Å². The smallest absolute Gasteiger partial charge is 0.238 e. The van der Waals surface area contributed by atoms with Crippen molar-refractivity contribution in [2.75, 3.05) is 51.2 Å². The van der Waals surface area contributed by atoms with Crippen molar-refractivity contribution in [3.05, 3.63) is 79.0 Å². The van der Waals surface area contributed by atoms with Crippen LogP contribution in [-0.2, 0) is 4.79 Å². The third-order valence-electron chi connectivity index (χ3n) is 6.99. The molecule has 2 aromatic heterocycles. The number of nitrogens with one attached hydrogen (secondary N) is 2. The number of hydrogen-bond acceptors (Lipinski definition) is 7. The zero-order valence-electron chi connectivity index (χ0n) is 21.5. The highest BCUT2D eigenvalue weighted by molar-refractivity contribution is 6.01. The zero-order valence-corrected chi connectivity index (χ0v) is 21.5. The van der Waals surface area contributed by atoms with Crippen molar-refractivity contribution in [2.45, 2.75) is 6.10 Å². The van der Waals surface area contributed by atoms with Crippen LogP contribution in [0.3, 0.4) is 0 Å². The van der Waals surface area contributed by atoms with Gasteiger partial charge in [0, 0.05) is 61.5 Å². The van der Waals surface area contributed by atoms with Gasteiger partial charge in [-0.05, 0) is 42.5 Å². The summed E-state index contributed by atoms with van der Waals surface area (Å²) in [5.41, 5.74) is 4.14. The summed E-state index contributed by atoms with van der Waals surface area (Å²) in [7, 11) is 0. The summed E-state index contributed by atoms with van der Waals surface area (Å²) in [5.74, 6) is 1.18. The fourth-order valence-corrected chi connectivity index (χ4v) is 4.96. The summed E-state index contributed by atoms with van der Waals surface area (Å²) in [6, 6.07) is 23.1. The summed E-state index contributed by atoms with van der Waals surface area (Å²) >= 11 is 0. The molecule has 9 heteroatoms. The maximum atomic E-state index is 12.6. The second-order valence-electron chi connectivity index (χ2n) is 9.85. The Balaban J connectivity index is 0.946. The molecule has 5 aromatic rings. The van der Waals surface area contributed by atoms with Crippen LogP contribution in [0.1, 0.15) is 0 Å². The summed E-state index contributed by atoms with van der Waals surface area (Å²) in [4.78, 5) is 24.7. The molecule has 39 heavy (non-hydrogen) atoms. The van der Waals surface area contributed by atoms with Crippen molar-refractivity contribution in [2.24, 2.45) is 0 Å². The number of aliphatic hydroxyl groups excluding tert-OH is 1. The maximum absolute atomic E-state index is 12.6. The van der Waals surface area contributed by atoms with Crippen LogP contribution in [0, 0.1) is 0 Å². The quantitative estimate of drug-likeness (QED) is 0.267. The monoisotopic (exact) mass is 525 g/mol. The molecule has 0 radical (unpaired) electrons. The van der Waals surface area contributed by atoms with Gasteiger partial charge in [0.05, 0.1) is 12.2 Å². The molecule has 0 saturated carbocycles. The molecule has 3 heterocycles. The molecule has 1 aliphatic rings. The van der Waals surface area contributed by atoms with E-state index in [0.717, 1.165) is 48.3 Å². The Morgan fingerprint density at radius 2 is 1.85 bits per heavy atom. The van der Waals surface area contributed by atoms with Crippen LogP contribution < -0.4 is 10.1 Å². The molecular weight excluding hydrogens is 494 g/mol. The van der Waals surface area contributed by atoms with Gasteiger partial charge in [-0.15, -0.1) is 0 Å². The number of ether oxygens (including phenoxy) is 1. The Morgan fingerprint density at radius 1 is 1.03 bits per heavy atom. The Morgan fingerprint density at radius 3 is 2.69 bits per heavy atom. The second-order valence-corrected chi connectivity index (χ2v) is 9.85. The van der Waals surface area contributed by atoms with Crippen molar-refractivity contribution in [3.63, 3.8) is 0 Å². The van der Waals surface area contributed by atoms with E-state index in [9.17, 15) is 9.90 Å². The van der Waals surface area contributed by atoms with Gasteiger partial charge in [-0.25, -0.2) is 4.98 Å². The van der Waals surface area contributed by atoms with E-state index in [2.05, 4.69) is 25.1 Å². The Hall–Kier alpha value is -4.18. The fraction of sp³-hybridized carbons (Fsp3) is 0.267. The molecule has 6 rings (SSSR count). The van der Waals surface area contributed by atoms with E-state index in [1.807, 2.05) is 79.0 Å². The van der Waals surface area contributed by atoms with Gasteiger partial charge in [-0.2, -0.15) is 0 Å². The van der Waals surface area contributed by atoms with Crippen molar-refractivity contribution in [1.82, 2.24) is 19.8 Å². The number of aromatic nitrogens is 2. The number of benzene rings is 3. The molecule has 1 atom stereocenters. The van der Waals surface area contributed by atoms with E-state index in [1.54, 1.807) is 0 Å². The molecule has 1 amide bonds. The fourth-order valence-electron chi connectivity index (χ4n) is 4.96. The number of amides is 1. The van der Waals surface area contributed by atoms with Gasteiger partial charge < -0.3 is 24.6 Å². The Labute approximate surface area is 226 Å². The summed E-state index contributed by atoms with van der Waals surface area (Å²) < 4.78 is 11.7. The largest absolute Gasteiger partial charge is 0.491 e. The lowest BCUT2D eigenvalue weighted by molar-refractivity contribution is -0.117. The van der Waals surface area contributed by atoms with Gasteiger partial charge in [-0.1, -0.05) is 24.3 Å². The van der Waals surface area contributed by atoms with Gasteiger partial charge in [-0.3, -0.25) is 14.6 Å². The molecule has 200 valence electrons. The van der Waals surface area contributed by atoms with Crippen LogP contribution in [0.15, 0.2) is 83.4 Å². The minimum Gasteiger partial charge on any atom is -0.491 e. The molecule has 1 fully saturated rings. The topological polar surface area (TPSA) is 107 Å².